The quantitative estimate of drug-likeness (QED) is 0.563. The van der Waals surface area contributed by atoms with Crippen LogP contribution in [0, 0.1) is 15.9 Å². The number of benzene rings is 2. The summed E-state index contributed by atoms with van der Waals surface area (Å²) in [5.41, 5.74) is -0.195. The van der Waals surface area contributed by atoms with Gasteiger partial charge >= 0.3 is 0 Å². The summed E-state index contributed by atoms with van der Waals surface area (Å²) in [7, 11) is -2.46. The molecule has 0 amide bonds. The second-order valence-corrected chi connectivity index (χ2v) is 6.90. The number of nitrogens with zero attached hydrogens (tertiary/aromatic N) is 2. The Kier molecular flexibility index (Phi) is 5.47. The molecule has 0 saturated carbocycles. The number of sulfonamides is 1. The lowest BCUT2D eigenvalue weighted by molar-refractivity contribution is -0.384. The van der Waals surface area contributed by atoms with Crippen molar-refractivity contribution in [1.82, 2.24) is 4.31 Å². The van der Waals surface area contributed by atoms with Crippen LogP contribution in [0.15, 0.2) is 53.4 Å². The number of nitro benzene ring substituents is 1. The lowest BCUT2D eigenvalue weighted by atomic mass is 10.3. The van der Waals surface area contributed by atoms with Gasteiger partial charge in [-0.25, -0.2) is 12.8 Å². The van der Waals surface area contributed by atoms with Gasteiger partial charge in [-0.15, -0.1) is 0 Å². The van der Waals surface area contributed by atoms with E-state index in [2.05, 4.69) is 0 Å². The van der Waals surface area contributed by atoms with Crippen molar-refractivity contribution < 1.29 is 22.5 Å². The summed E-state index contributed by atoms with van der Waals surface area (Å²) in [6, 6.07) is 10.4. The fourth-order valence-electron chi connectivity index (χ4n) is 1.89. The highest BCUT2D eigenvalue weighted by Gasteiger charge is 2.21. The zero-order valence-electron chi connectivity index (χ0n) is 12.8. The highest BCUT2D eigenvalue weighted by molar-refractivity contribution is 7.89. The van der Waals surface area contributed by atoms with Gasteiger partial charge in [0.1, 0.15) is 6.61 Å². The SMILES string of the molecule is CN(CCOc1ccccc1F)S(=O)(=O)c1ccc([N+](=O)[O-])cc1. The van der Waals surface area contributed by atoms with E-state index in [-0.39, 0.29) is 29.5 Å². The summed E-state index contributed by atoms with van der Waals surface area (Å²) >= 11 is 0. The summed E-state index contributed by atoms with van der Waals surface area (Å²) < 4.78 is 44.4. The van der Waals surface area contributed by atoms with Crippen molar-refractivity contribution in [2.45, 2.75) is 4.90 Å². The number of rotatable bonds is 7. The van der Waals surface area contributed by atoms with E-state index < -0.39 is 20.8 Å². The van der Waals surface area contributed by atoms with Gasteiger partial charge in [-0.2, -0.15) is 4.31 Å². The fourth-order valence-corrected chi connectivity index (χ4v) is 3.04. The first kappa shape index (κ1) is 17.8. The molecule has 0 aliphatic rings. The maximum atomic E-state index is 13.4. The monoisotopic (exact) mass is 354 g/mol. The predicted octanol–water partition coefficient (Wildman–Crippen LogP) is 2.43. The Morgan fingerprint density at radius 2 is 1.79 bits per heavy atom. The highest BCUT2D eigenvalue weighted by atomic mass is 32.2. The van der Waals surface area contributed by atoms with Gasteiger partial charge in [-0.3, -0.25) is 10.1 Å². The second-order valence-electron chi connectivity index (χ2n) is 4.86. The lowest BCUT2D eigenvalue weighted by Crippen LogP contribution is -2.31. The molecule has 2 aromatic rings. The largest absolute Gasteiger partial charge is 0.489 e. The molecule has 0 saturated heterocycles. The molecular formula is C15H15FN2O5S. The maximum absolute atomic E-state index is 13.4. The molecule has 128 valence electrons. The van der Waals surface area contributed by atoms with Gasteiger partial charge in [0.2, 0.25) is 10.0 Å². The van der Waals surface area contributed by atoms with E-state index in [0.29, 0.717) is 0 Å². The van der Waals surface area contributed by atoms with Crippen molar-refractivity contribution in [3.05, 3.63) is 64.5 Å². The predicted molar refractivity (Wildman–Crippen MR) is 84.8 cm³/mol. The highest BCUT2D eigenvalue weighted by Crippen LogP contribution is 2.19. The van der Waals surface area contributed by atoms with Gasteiger partial charge in [0.15, 0.2) is 11.6 Å². The molecule has 0 atom stereocenters. The fraction of sp³-hybridized carbons (Fsp3) is 0.200. The molecule has 2 aromatic carbocycles. The van der Waals surface area contributed by atoms with E-state index in [4.69, 9.17) is 4.74 Å². The zero-order chi connectivity index (χ0) is 17.7. The molecule has 0 fully saturated rings. The van der Waals surface area contributed by atoms with Crippen molar-refractivity contribution in [1.29, 1.82) is 0 Å². The first-order valence-electron chi connectivity index (χ1n) is 6.90. The summed E-state index contributed by atoms with van der Waals surface area (Å²) in [6.45, 7) is -0.0443. The number of nitro groups is 1. The normalized spacial score (nSPS) is 11.5. The summed E-state index contributed by atoms with van der Waals surface area (Å²) in [4.78, 5) is 9.92. The molecule has 0 aliphatic carbocycles. The Bertz CT molecular complexity index is 824. The van der Waals surface area contributed by atoms with Gasteiger partial charge in [-0.1, -0.05) is 12.1 Å². The van der Waals surface area contributed by atoms with Crippen LogP contribution in [0.3, 0.4) is 0 Å². The molecule has 0 unspecified atom stereocenters. The topological polar surface area (TPSA) is 89.8 Å². The molecule has 9 heteroatoms. The molecular weight excluding hydrogens is 339 g/mol. The van der Waals surface area contributed by atoms with Crippen molar-refractivity contribution in [3.63, 3.8) is 0 Å². The molecule has 0 N–H and O–H groups in total. The minimum absolute atomic E-state index is 0.00629. The van der Waals surface area contributed by atoms with Crippen molar-refractivity contribution in [2.75, 3.05) is 20.2 Å². The van der Waals surface area contributed by atoms with Crippen LogP contribution in [0.4, 0.5) is 10.1 Å². The molecule has 0 radical (unpaired) electrons. The summed E-state index contributed by atoms with van der Waals surface area (Å²) in [5, 5.41) is 10.6. The Labute approximate surface area is 138 Å². The van der Waals surface area contributed by atoms with Gasteiger partial charge in [0.25, 0.3) is 5.69 Å². The van der Waals surface area contributed by atoms with Gasteiger partial charge < -0.3 is 4.74 Å². The third kappa shape index (κ3) is 4.06. The standard InChI is InChI=1S/C15H15FN2O5S/c1-17(10-11-23-15-5-3-2-4-14(15)16)24(21,22)13-8-6-12(7-9-13)18(19)20/h2-9H,10-11H2,1H3. The van der Waals surface area contributed by atoms with E-state index in [0.717, 1.165) is 16.4 Å². The first-order valence-corrected chi connectivity index (χ1v) is 8.34. The van der Waals surface area contributed by atoms with Crippen molar-refractivity contribution in [3.8, 4) is 5.75 Å². The Hall–Kier alpha value is -2.52. The van der Waals surface area contributed by atoms with E-state index in [9.17, 15) is 22.9 Å². The van der Waals surface area contributed by atoms with Gasteiger partial charge in [-0.05, 0) is 24.3 Å². The molecule has 0 spiro atoms. The van der Waals surface area contributed by atoms with E-state index in [1.54, 1.807) is 6.07 Å². The molecule has 2 rings (SSSR count). The molecule has 24 heavy (non-hydrogen) atoms. The number of ether oxygens (including phenoxy) is 1. The average Bonchev–Trinajstić information content (AvgIpc) is 2.56. The van der Waals surface area contributed by atoms with Crippen LogP contribution < -0.4 is 4.74 Å². The van der Waals surface area contributed by atoms with E-state index >= 15 is 0 Å². The molecule has 0 bridgehead atoms. The molecule has 0 aromatic heterocycles. The second kappa shape index (κ2) is 7.37. The number of hydrogen-bond donors (Lipinski definition) is 0. The summed E-state index contributed by atoms with van der Waals surface area (Å²) in [5.74, 6) is -0.489. The number of non-ortho nitro benzene ring substituents is 1. The third-order valence-corrected chi connectivity index (χ3v) is 5.13. The van der Waals surface area contributed by atoms with Crippen molar-refractivity contribution in [2.24, 2.45) is 0 Å². The zero-order valence-corrected chi connectivity index (χ0v) is 13.6. The van der Waals surface area contributed by atoms with Gasteiger partial charge in [0, 0.05) is 25.7 Å². The average molecular weight is 354 g/mol. The number of halogens is 1. The minimum atomic E-state index is -3.81. The number of para-hydroxylation sites is 1. The maximum Gasteiger partial charge on any atom is 0.269 e. The van der Waals surface area contributed by atoms with Crippen LogP contribution in [0.25, 0.3) is 0 Å². The first-order chi connectivity index (χ1) is 11.3. The minimum Gasteiger partial charge on any atom is -0.489 e. The molecule has 0 heterocycles. The number of hydrogen-bond acceptors (Lipinski definition) is 5. The van der Waals surface area contributed by atoms with Gasteiger partial charge in [0.05, 0.1) is 9.82 Å². The van der Waals surface area contributed by atoms with Crippen LogP contribution >= 0.6 is 0 Å². The lowest BCUT2D eigenvalue weighted by Gasteiger charge is -2.17. The van der Waals surface area contributed by atoms with Crippen molar-refractivity contribution >= 4 is 15.7 Å². The van der Waals surface area contributed by atoms with E-state index in [1.165, 1.54) is 37.4 Å². The van der Waals surface area contributed by atoms with E-state index in [1.807, 2.05) is 0 Å². The van der Waals surface area contributed by atoms with Crippen LogP contribution in [0.2, 0.25) is 0 Å². The van der Waals surface area contributed by atoms with Crippen LogP contribution in [-0.2, 0) is 10.0 Å². The van der Waals surface area contributed by atoms with Crippen LogP contribution in [0.1, 0.15) is 0 Å². The Morgan fingerprint density at radius 1 is 1.17 bits per heavy atom. The smallest absolute Gasteiger partial charge is 0.269 e. The van der Waals surface area contributed by atoms with Crippen LogP contribution in [-0.4, -0.2) is 37.8 Å². The Morgan fingerprint density at radius 3 is 2.38 bits per heavy atom. The van der Waals surface area contributed by atoms with Crippen LogP contribution in [0.5, 0.6) is 5.75 Å². The Balaban J connectivity index is 2.01. The number of likely N-dealkylation sites (N-methyl/N-ethyl adjacent to an activating group) is 1. The summed E-state index contributed by atoms with van der Waals surface area (Å²) in [6.07, 6.45) is 0. The third-order valence-electron chi connectivity index (χ3n) is 3.26. The molecule has 0 aliphatic heterocycles. The molecule has 7 nitrogen and oxygen atoms in total.